The van der Waals surface area contributed by atoms with Crippen LogP contribution in [0.4, 0.5) is 0 Å². The Morgan fingerprint density at radius 2 is 1.24 bits per heavy atom. The number of carbonyl (C=O) groups is 2. The van der Waals surface area contributed by atoms with Crippen LogP contribution in [-0.4, -0.2) is 47.8 Å². The number of rotatable bonds is 8. The Hall–Kier alpha value is -1.06. The predicted molar refractivity (Wildman–Crippen MR) is 69.7 cm³/mol. The van der Waals surface area contributed by atoms with Crippen molar-refractivity contribution in [1.29, 1.82) is 0 Å². The summed E-state index contributed by atoms with van der Waals surface area (Å²) in [4.78, 5) is 26.9. The Kier molecular flexibility index (Phi) is 8.46. The van der Waals surface area contributed by atoms with E-state index in [-0.39, 0.29) is 18.4 Å². The lowest BCUT2D eigenvalue weighted by atomic mass is 10.3. The molecule has 0 saturated heterocycles. The van der Waals surface area contributed by atoms with Crippen molar-refractivity contribution in [3.63, 3.8) is 0 Å². The van der Waals surface area contributed by atoms with Crippen LogP contribution in [0.3, 0.4) is 0 Å². The molecule has 0 aromatic heterocycles. The minimum Gasteiger partial charge on any atom is -0.341 e. The van der Waals surface area contributed by atoms with Crippen molar-refractivity contribution in [3.8, 4) is 0 Å². The van der Waals surface area contributed by atoms with Crippen LogP contribution >= 0.6 is 0 Å². The summed E-state index contributed by atoms with van der Waals surface area (Å²) in [5.74, 6) is 0.0468. The van der Waals surface area contributed by atoms with Gasteiger partial charge < -0.3 is 9.80 Å². The van der Waals surface area contributed by atoms with Gasteiger partial charge in [-0.05, 0) is 19.3 Å². The lowest BCUT2D eigenvalue weighted by Gasteiger charge is -2.26. The molecule has 0 aromatic rings. The highest BCUT2D eigenvalue weighted by Gasteiger charge is 2.17. The zero-order valence-corrected chi connectivity index (χ0v) is 11.7. The second-order valence-corrected chi connectivity index (χ2v) is 4.32. The molecule has 0 bridgehead atoms. The van der Waals surface area contributed by atoms with E-state index in [0.717, 1.165) is 32.4 Å². The first-order valence-electron chi connectivity index (χ1n) is 6.60. The van der Waals surface area contributed by atoms with Crippen LogP contribution in [0.15, 0.2) is 0 Å². The largest absolute Gasteiger partial charge is 0.341 e. The van der Waals surface area contributed by atoms with Gasteiger partial charge >= 0.3 is 0 Å². The first kappa shape index (κ1) is 15.9. The quantitative estimate of drug-likeness (QED) is 0.652. The van der Waals surface area contributed by atoms with Gasteiger partial charge in [-0.25, -0.2) is 0 Å². The van der Waals surface area contributed by atoms with Gasteiger partial charge in [0.2, 0.25) is 11.8 Å². The van der Waals surface area contributed by atoms with Gasteiger partial charge in [-0.1, -0.05) is 20.8 Å². The molecule has 0 aliphatic carbocycles. The smallest absolute Gasteiger partial charge is 0.242 e. The maximum Gasteiger partial charge on any atom is 0.242 e. The van der Waals surface area contributed by atoms with Crippen molar-refractivity contribution in [3.05, 3.63) is 0 Å². The summed E-state index contributed by atoms with van der Waals surface area (Å²) in [6.07, 6.45) is 2.80. The van der Waals surface area contributed by atoms with Gasteiger partial charge in [-0.3, -0.25) is 9.59 Å². The third-order valence-electron chi connectivity index (χ3n) is 2.60. The molecule has 0 aliphatic rings. The lowest BCUT2D eigenvalue weighted by Crippen LogP contribution is -2.43. The van der Waals surface area contributed by atoms with E-state index in [1.807, 2.05) is 11.8 Å². The second kappa shape index (κ2) is 9.02. The minimum absolute atomic E-state index is 0.0202. The highest BCUT2D eigenvalue weighted by atomic mass is 16.2. The summed E-state index contributed by atoms with van der Waals surface area (Å²) < 4.78 is 0. The Morgan fingerprint density at radius 3 is 1.59 bits per heavy atom. The van der Waals surface area contributed by atoms with Crippen LogP contribution in [0.25, 0.3) is 0 Å². The molecular formula is C13H26N2O2. The normalized spacial score (nSPS) is 10.1. The maximum atomic E-state index is 12.0. The summed E-state index contributed by atoms with van der Waals surface area (Å²) in [6, 6.07) is 0. The van der Waals surface area contributed by atoms with E-state index in [9.17, 15) is 9.59 Å². The van der Waals surface area contributed by atoms with E-state index in [4.69, 9.17) is 0 Å². The number of hydrogen-bond acceptors (Lipinski definition) is 2. The third kappa shape index (κ3) is 6.29. The SMILES string of the molecule is CCCN(CC(=O)N(CCC)CCC)C(C)=O. The standard InChI is InChI=1S/C13H26N2O2/c1-5-8-14(9-6-2)13(17)11-15(10-7-3)12(4)16/h5-11H2,1-4H3. The molecule has 4 heteroatoms. The van der Waals surface area contributed by atoms with Crippen molar-refractivity contribution < 1.29 is 9.59 Å². The highest BCUT2D eigenvalue weighted by molar-refractivity contribution is 5.83. The molecule has 0 radical (unpaired) electrons. The Balaban J connectivity index is 4.38. The van der Waals surface area contributed by atoms with Crippen LogP contribution < -0.4 is 0 Å². The molecule has 100 valence electrons. The van der Waals surface area contributed by atoms with Crippen molar-refractivity contribution in [2.24, 2.45) is 0 Å². The van der Waals surface area contributed by atoms with E-state index >= 15 is 0 Å². The van der Waals surface area contributed by atoms with Crippen molar-refractivity contribution in [2.45, 2.75) is 47.0 Å². The maximum absolute atomic E-state index is 12.0. The Bertz CT molecular complexity index is 236. The van der Waals surface area contributed by atoms with E-state index in [1.165, 1.54) is 6.92 Å². The third-order valence-corrected chi connectivity index (χ3v) is 2.60. The molecule has 0 unspecified atom stereocenters. The van der Waals surface area contributed by atoms with Crippen LogP contribution in [-0.2, 0) is 9.59 Å². The van der Waals surface area contributed by atoms with Gasteiger partial charge in [0.25, 0.3) is 0 Å². The zero-order chi connectivity index (χ0) is 13.3. The van der Waals surface area contributed by atoms with Crippen molar-refractivity contribution in [1.82, 2.24) is 9.80 Å². The van der Waals surface area contributed by atoms with Gasteiger partial charge in [0.15, 0.2) is 0 Å². The van der Waals surface area contributed by atoms with Gasteiger partial charge in [0.1, 0.15) is 0 Å². The number of carbonyl (C=O) groups excluding carboxylic acids is 2. The number of nitrogens with zero attached hydrogens (tertiary/aromatic N) is 2. The van der Waals surface area contributed by atoms with Crippen LogP contribution in [0.5, 0.6) is 0 Å². The first-order chi connectivity index (χ1) is 8.06. The summed E-state index contributed by atoms with van der Waals surface area (Å²) in [5.41, 5.74) is 0. The Morgan fingerprint density at radius 1 is 0.824 bits per heavy atom. The average molecular weight is 242 g/mol. The van der Waals surface area contributed by atoms with E-state index in [2.05, 4.69) is 13.8 Å². The topological polar surface area (TPSA) is 40.6 Å². The highest BCUT2D eigenvalue weighted by Crippen LogP contribution is 2.00. The lowest BCUT2D eigenvalue weighted by molar-refractivity contribution is -0.139. The molecule has 0 rings (SSSR count). The van der Waals surface area contributed by atoms with Gasteiger partial charge in [0.05, 0.1) is 6.54 Å². The van der Waals surface area contributed by atoms with Gasteiger partial charge in [-0.2, -0.15) is 0 Å². The summed E-state index contributed by atoms with van der Waals surface area (Å²) in [7, 11) is 0. The minimum atomic E-state index is -0.0202. The Labute approximate surface area is 105 Å². The molecule has 17 heavy (non-hydrogen) atoms. The van der Waals surface area contributed by atoms with E-state index < -0.39 is 0 Å². The zero-order valence-electron chi connectivity index (χ0n) is 11.7. The first-order valence-corrected chi connectivity index (χ1v) is 6.60. The molecule has 0 N–H and O–H groups in total. The van der Waals surface area contributed by atoms with Crippen LogP contribution in [0.1, 0.15) is 47.0 Å². The second-order valence-electron chi connectivity index (χ2n) is 4.32. The number of hydrogen-bond donors (Lipinski definition) is 0. The molecular weight excluding hydrogens is 216 g/mol. The molecule has 2 amide bonds. The molecule has 0 fully saturated rings. The molecule has 0 atom stereocenters. The fraction of sp³-hybridized carbons (Fsp3) is 0.846. The average Bonchev–Trinajstić information content (AvgIpc) is 2.28. The fourth-order valence-electron chi connectivity index (χ4n) is 1.78. The van der Waals surface area contributed by atoms with Crippen LogP contribution in [0.2, 0.25) is 0 Å². The molecule has 0 spiro atoms. The van der Waals surface area contributed by atoms with E-state index in [1.54, 1.807) is 4.90 Å². The monoisotopic (exact) mass is 242 g/mol. The molecule has 0 aromatic carbocycles. The summed E-state index contributed by atoms with van der Waals surface area (Å²) >= 11 is 0. The summed E-state index contributed by atoms with van der Waals surface area (Å²) in [6.45, 7) is 10.1. The molecule has 0 aliphatic heterocycles. The van der Waals surface area contributed by atoms with Gasteiger partial charge in [-0.15, -0.1) is 0 Å². The molecule has 4 nitrogen and oxygen atoms in total. The van der Waals surface area contributed by atoms with Crippen molar-refractivity contribution in [2.75, 3.05) is 26.2 Å². The number of amides is 2. The molecule has 0 saturated carbocycles. The molecule has 0 heterocycles. The van der Waals surface area contributed by atoms with Crippen LogP contribution in [0, 0.1) is 0 Å². The van der Waals surface area contributed by atoms with Gasteiger partial charge in [0, 0.05) is 26.6 Å². The van der Waals surface area contributed by atoms with E-state index in [0.29, 0.717) is 6.54 Å². The van der Waals surface area contributed by atoms with Crippen molar-refractivity contribution >= 4 is 11.8 Å². The fourth-order valence-corrected chi connectivity index (χ4v) is 1.78. The summed E-state index contributed by atoms with van der Waals surface area (Å²) in [5, 5.41) is 0. The predicted octanol–water partition coefficient (Wildman–Crippen LogP) is 1.89.